The largest absolute Gasteiger partial charge is 0.486 e. The van der Waals surface area contributed by atoms with Crippen LogP contribution in [0.3, 0.4) is 0 Å². The first-order valence-corrected chi connectivity index (χ1v) is 6.46. The van der Waals surface area contributed by atoms with E-state index in [1.807, 2.05) is 24.3 Å². The predicted molar refractivity (Wildman–Crippen MR) is 71.4 cm³/mol. The lowest BCUT2D eigenvalue weighted by Gasteiger charge is -2.04. The van der Waals surface area contributed by atoms with Gasteiger partial charge in [-0.15, -0.1) is 11.3 Å². The molecule has 1 aromatic carbocycles. The summed E-state index contributed by atoms with van der Waals surface area (Å²) < 4.78 is 5.63. The van der Waals surface area contributed by atoms with Gasteiger partial charge in [-0.3, -0.25) is 0 Å². The zero-order chi connectivity index (χ0) is 12.3. The van der Waals surface area contributed by atoms with Crippen LogP contribution in [0.4, 0.5) is 5.69 Å². The number of thiazole rings is 1. The first kappa shape index (κ1) is 11.9. The Morgan fingerprint density at radius 1 is 1.29 bits per heavy atom. The van der Waals surface area contributed by atoms with Crippen LogP contribution in [0.25, 0.3) is 0 Å². The van der Waals surface area contributed by atoms with Gasteiger partial charge in [0.15, 0.2) is 0 Å². The number of nitrogen functional groups attached to an aromatic ring is 1. The molecule has 0 unspecified atom stereocenters. The number of aromatic nitrogens is 1. The summed E-state index contributed by atoms with van der Waals surface area (Å²) >= 11 is 1.64. The fourth-order valence-electron chi connectivity index (χ4n) is 1.37. The van der Waals surface area contributed by atoms with Crippen molar-refractivity contribution in [2.24, 2.45) is 0 Å². The molecule has 0 aliphatic heterocycles. The van der Waals surface area contributed by atoms with E-state index in [1.165, 1.54) is 0 Å². The zero-order valence-corrected chi connectivity index (χ0v) is 10.8. The smallest absolute Gasteiger partial charge is 0.140 e. The molecule has 0 bridgehead atoms. The van der Waals surface area contributed by atoms with Crippen LogP contribution >= 0.6 is 11.3 Å². The van der Waals surface area contributed by atoms with E-state index < -0.39 is 0 Å². The van der Waals surface area contributed by atoms with Gasteiger partial charge in [-0.05, 0) is 30.2 Å². The molecule has 1 heterocycles. The molecule has 1 aromatic heterocycles. The summed E-state index contributed by atoms with van der Waals surface area (Å²) in [5.41, 5.74) is 7.48. The van der Waals surface area contributed by atoms with Gasteiger partial charge in [0.05, 0.1) is 5.69 Å². The molecule has 0 saturated carbocycles. The zero-order valence-electron chi connectivity index (χ0n) is 10.0. The summed E-state index contributed by atoms with van der Waals surface area (Å²) in [6.45, 7) is 4.79. The summed E-state index contributed by atoms with van der Waals surface area (Å²) in [6.07, 6.45) is 0. The molecule has 0 saturated heterocycles. The number of hydrogen-bond acceptors (Lipinski definition) is 4. The van der Waals surface area contributed by atoms with Gasteiger partial charge in [-0.1, -0.05) is 13.8 Å². The first-order valence-electron chi connectivity index (χ1n) is 5.58. The van der Waals surface area contributed by atoms with Gasteiger partial charge in [0, 0.05) is 11.1 Å². The van der Waals surface area contributed by atoms with Crippen molar-refractivity contribution in [2.45, 2.75) is 26.4 Å². The van der Waals surface area contributed by atoms with Crippen molar-refractivity contribution in [1.29, 1.82) is 0 Å². The molecule has 0 spiro atoms. The average molecular weight is 248 g/mol. The van der Waals surface area contributed by atoms with Gasteiger partial charge in [0.25, 0.3) is 0 Å². The Morgan fingerprint density at radius 2 is 2.00 bits per heavy atom. The van der Waals surface area contributed by atoms with Crippen LogP contribution in [0.15, 0.2) is 29.6 Å². The van der Waals surface area contributed by atoms with Crippen LogP contribution in [-0.2, 0) is 6.61 Å². The summed E-state index contributed by atoms with van der Waals surface area (Å²) in [5.74, 6) is 1.29. The van der Waals surface area contributed by atoms with Gasteiger partial charge < -0.3 is 10.5 Å². The Hall–Kier alpha value is -1.55. The van der Waals surface area contributed by atoms with E-state index in [-0.39, 0.29) is 0 Å². The lowest BCUT2D eigenvalue weighted by Crippen LogP contribution is -1.96. The predicted octanol–water partition coefficient (Wildman–Crippen LogP) is 3.43. The quantitative estimate of drug-likeness (QED) is 0.843. The van der Waals surface area contributed by atoms with Gasteiger partial charge in [0.2, 0.25) is 0 Å². The second kappa shape index (κ2) is 5.19. The number of nitrogens with zero attached hydrogens (tertiary/aromatic N) is 1. The maximum Gasteiger partial charge on any atom is 0.140 e. The molecule has 0 radical (unpaired) electrons. The second-order valence-electron chi connectivity index (χ2n) is 4.18. The fourth-order valence-corrected chi connectivity index (χ4v) is 2.23. The van der Waals surface area contributed by atoms with E-state index in [0.717, 1.165) is 22.1 Å². The van der Waals surface area contributed by atoms with E-state index in [2.05, 4.69) is 24.2 Å². The Kier molecular flexibility index (Phi) is 3.64. The van der Waals surface area contributed by atoms with Crippen LogP contribution < -0.4 is 10.5 Å². The fraction of sp³-hybridized carbons (Fsp3) is 0.308. The van der Waals surface area contributed by atoms with E-state index in [1.54, 1.807) is 11.3 Å². The highest BCUT2D eigenvalue weighted by Crippen LogP contribution is 2.20. The van der Waals surface area contributed by atoms with Crippen molar-refractivity contribution in [3.05, 3.63) is 40.3 Å². The lowest BCUT2D eigenvalue weighted by atomic mass is 10.2. The SMILES string of the molecule is CC(C)c1csc(COc2ccc(N)cc2)n1. The molecular formula is C13H16N2OS. The van der Waals surface area contributed by atoms with Crippen LogP contribution in [0.5, 0.6) is 5.75 Å². The molecule has 2 rings (SSSR count). The maximum atomic E-state index is 5.63. The molecule has 0 amide bonds. The highest BCUT2D eigenvalue weighted by atomic mass is 32.1. The number of nitrogens with two attached hydrogens (primary N) is 1. The highest BCUT2D eigenvalue weighted by molar-refractivity contribution is 7.09. The van der Waals surface area contributed by atoms with Crippen LogP contribution in [-0.4, -0.2) is 4.98 Å². The van der Waals surface area contributed by atoms with Gasteiger partial charge in [-0.2, -0.15) is 0 Å². The van der Waals surface area contributed by atoms with E-state index in [9.17, 15) is 0 Å². The van der Waals surface area contributed by atoms with Crippen molar-refractivity contribution >= 4 is 17.0 Å². The molecule has 0 aliphatic rings. The van der Waals surface area contributed by atoms with E-state index in [0.29, 0.717) is 12.5 Å². The van der Waals surface area contributed by atoms with Crippen LogP contribution in [0, 0.1) is 0 Å². The second-order valence-corrected chi connectivity index (χ2v) is 5.12. The Balaban J connectivity index is 1.95. The van der Waals surface area contributed by atoms with Crippen molar-refractivity contribution in [1.82, 2.24) is 4.98 Å². The van der Waals surface area contributed by atoms with Crippen molar-refractivity contribution in [3.63, 3.8) is 0 Å². The van der Waals surface area contributed by atoms with Gasteiger partial charge >= 0.3 is 0 Å². The van der Waals surface area contributed by atoms with Crippen LogP contribution in [0.1, 0.15) is 30.5 Å². The van der Waals surface area contributed by atoms with Crippen LogP contribution in [0.2, 0.25) is 0 Å². The summed E-state index contributed by atoms with van der Waals surface area (Å²) in [4.78, 5) is 4.51. The average Bonchev–Trinajstić information content (AvgIpc) is 2.77. The van der Waals surface area contributed by atoms with E-state index in [4.69, 9.17) is 10.5 Å². The molecular weight excluding hydrogens is 232 g/mol. The highest BCUT2D eigenvalue weighted by Gasteiger charge is 2.05. The van der Waals surface area contributed by atoms with E-state index >= 15 is 0 Å². The summed E-state index contributed by atoms with van der Waals surface area (Å²) in [5, 5.41) is 3.09. The molecule has 2 N–H and O–H groups in total. The summed E-state index contributed by atoms with van der Waals surface area (Å²) in [7, 11) is 0. The molecule has 17 heavy (non-hydrogen) atoms. The van der Waals surface area contributed by atoms with Gasteiger partial charge in [0.1, 0.15) is 17.4 Å². The molecule has 0 atom stereocenters. The topological polar surface area (TPSA) is 48.1 Å². The number of ether oxygens (including phenoxy) is 1. The summed E-state index contributed by atoms with van der Waals surface area (Å²) in [6, 6.07) is 7.39. The van der Waals surface area contributed by atoms with Crippen molar-refractivity contribution in [3.8, 4) is 5.75 Å². The monoisotopic (exact) mass is 248 g/mol. The Bertz CT molecular complexity index is 476. The molecule has 90 valence electrons. The minimum atomic E-state index is 0.469. The third-order valence-corrected chi connectivity index (χ3v) is 3.24. The molecule has 4 heteroatoms. The van der Waals surface area contributed by atoms with Crippen molar-refractivity contribution < 1.29 is 4.74 Å². The molecule has 2 aromatic rings. The number of benzene rings is 1. The molecule has 0 aliphatic carbocycles. The molecule has 0 fully saturated rings. The third-order valence-electron chi connectivity index (χ3n) is 2.40. The minimum absolute atomic E-state index is 0.469. The Morgan fingerprint density at radius 3 is 2.59 bits per heavy atom. The lowest BCUT2D eigenvalue weighted by molar-refractivity contribution is 0.305. The Labute approximate surface area is 105 Å². The number of anilines is 1. The minimum Gasteiger partial charge on any atom is -0.486 e. The normalized spacial score (nSPS) is 10.8. The maximum absolute atomic E-state index is 5.63. The van der Waals surface area contributed by atoms with Crippen molar-refractivity contribution in [2.75, 3.05) is 5.73 Å². The number of rotatable bonds is 4. The third kappa shape index (κ3) is 3.20. The first-order chi connectivity index (χ1) is 8.15. The van der Waals surface area contributed by atoms with Gasteiger partial charge in [-0.25, -0.2) is 4.98 Å². The standard InChI is InChI=1S/C13H16N2OS/c1-9(2)12-8-17-13(15-12)7-16-11-5-3-10(14)4-6-11/h3-6,8-9H,7,14H2,1-2H3. The molecule has 3 nitrogen and oxygen atoms in total. The number of hydrogen-bond donors (Lipinski definition) is 1.